The van der Waals surface area contributed by atoms with E-state index in [1.807, 2.05) is 29.6 Å². The Bertz CT molecular complexity index is 1160. The lowest BCUT2D eigenvalue weighted by Gasteiger charge is -2.33. The third-order valence-corrected chi connectivity index (χ3v) is 7.92. The molecular weight excluding hydrogens is 479 g/mol. The number of thiazole rings is 1. The largest absolute Gasteiger partial charge is 0.362 e. The van der Waals surface area contributed by atoms with Crippen LogP contribution >= 0.6 is 23.6 Å². The molecule has 0 spiro atoms. The Balaban J connectivity index is 1.36. The molecule has 1 unspecified atom stereocenters. The smallest absolute Gasteiger partial charge is 0.275 e. The van der Waals surface area contributed by atoms with Gasteiger partial charge in [0.05, 0.1) is 5.01 Å². The zero-order valence-corrected chi connectivity index (χ0v) is 21.7. The van der Waals surface area contributed by atoms with E-state index in [9.17, 15) is 9.18 Å². The number of anilines is 1. The van der Waals surface area contributed by atoms with Gasteiger partial charge in [0.25, 0.3) is 5.91 Å². The maximum Gasteiger partial charge on any atom is 0.275 e. The van der Waals surface area contributed by atoms with Crippen molar-refractivity contribution >= 4 is 40.3 Å². The van der Waals surface area contributed by atoms with E-state index in [1.165, 1.54) is 12.1 Å². The fourth-order valence-corrected chi connectivity index (χ4v) is 5.32. The summed E-state index contributed by atoms with van der Waals surface area (Å²) in [5.41, 5.74) is 2.77. The second-order valence-electron chi connectivity index (χ2n) is 9.04. The first-order chi connectivity index (χ1) is 16.9. The molecule has 1 saturated heterocycles. The van der Waals surface area contributed by atoms with Gasteiger partial charge in [-0.3, -0.25) is 4.79 Å². The molecule has 35 heavy (non-hydrogen) atoms. The van der Waals surface area contributed by atoms with Gasteiger partial charge in [-0.25, -0.2) is 9.37 Å². The number of rotatable bonds is 7. The molecule has 0 saturated carbocycles. The summed E-state index contributed by atoms with van der Waals surface area (Å²) in [6.07, 6.45) is 3.07. The Morgan fingerprint density at radius 2 is 1.91 bits per heavy atom. The first-order valence-corrected chi connectivity index (χ1v) is 13.4. The molecule has 2 heterocycles. The first-order valence-electron chi connectivity index (χ1n) is 12.1. The van der Waals surface area contributed by atoms with Gasteiger partial charge in [-0.15, -0.1) is 11.3 Å². The van der Waals surface area contributed by atoms with Crippen molar-refractivity contribution in [2.45, 2.75) is 39.0 Å². The zero-order chi connectivity index (χ0) is 24.8. The summed E-state index contributed by atoms with van der Waals surface area (Å²) in [5, 5.41) is 10.0. The van der Waals surface area contributed by atoms with Crippen molar-refractivity contribution in [3.63, 3.8) is 0 Å². The molecule has 2 N–H and O–H groups in total. The average molecular weight is 511 g/mol. The van der Waals surface area contributed by atoms with Gasteiger partial charge in [-0.1, -0.05) is 50.6 Å². The Hall–Kier alpha value is -2.84. The second-order valence-corrected chi connectivity index (χ2v) is 10.3. The summed E-state index contributed by atoms with van der Waals surface area (Å²) in [5.74, 6) is 0.407. The summed E-state index contributed by atoms with van der Waals surface area (Å²) in [7, 11) is 0. The van der Waals surface area contributed by atoms with Crippen LogP contribution in [0.25, 0.3) is 11.1 Å². The molecule has 1 aliphatic heterocycles. The Labute approximate surface area is 215 Å². The summed E-state index contributed by atoms with van der Waals surface area (Å²) in [6, 6.07) is 13.8. The van der Waals surface area contributed by atoms with Gasteiger partial charge in [-0.05, 0) is 54.7 Å². The van der Waals surface area contributed by atoms with Gasteiger partial charge in [0, 0.05) is 42.2 Å². The molecule has 1 amide bonds. The summed E-state index contributed by atoms with van der Waals surface area (Å²) in [4.78, 5) is 19.9. The van der Waals surface area contributed by atoms with E-state index in [0.717, 1.165) is 60.1 Å². The number of amides is 1. The number of carbonyl (C=O) groups excluding carboxylic acids is 1. The van der Waals surface area contributed by atoms with E-state index in [1.54, 1.807) is 23.5 Å². The van der Waals surface area contributed by atoms with E-state index < -0.39 is 0 Å². The van der Waals surface area contributed by atoms with Crippen molar-refractivity contribution < 1.29 is 9.18 Å². The predicted molar refractivity (Wildman–Crippen MR) is 146 cm³/mol. The van der Waals surface area contributed by atoms with E-state index in [-0.39, 0.29) is 11.7 Å². The van der Waals surface area contributed by atoms with Crippen LogP contribution in [0, 0.1) is 11.7 Å². The Morgan fingerprint density at radius 3 is 2.63 bits per heavy atom. The number of likely N-dealkylation sites (tertiary alicyclic amines) is 1. The number of nitrogens with zero attached hydrogens (tertiary/aromatic N) is 2. The number of aromatic nitrogens is 1. The van der Waals surface area contributed by atoms with Gasteiger partial charge >= 0.3 is 0 Å². The third-order valence-electron chi connectivity index (χ3n) is 6.52. The topological polar surface area (TPSA) is 57.3 Å². The molecule has 1 aliphatic rings. The van der Waals surface area contributed by atoms with Gasteiger partial charge in [0.15, 0.2) is 5.11 Å². The summed E-state index contributed by atoms with van der Waals surface area (Å²) >= 11 is 7.12. The highest BCUT2D eigenvalue weighted by Crippen LogP contribution is 2.32. The maximum absolute atomic E-state index is 13.3. The van der Waals surface area contributed by atoms with Crippen LogP contribution in [0.1, 0.15) is 54.5 Å². The quantitative estimate of drug-likeness (QED) is 0.365. The number of hydrogen-bond acceptors (Lipinski definition) is 4. The number of hydrogen-bond donors (Lipinski definition) is 2. The van der Waals surface area contributed by atoms with Crippen LogP contribution < -0.4 is 10.6 Å². The molecule has 0 radical (unpaired) electrons. The Kier molecular flexibility index (Phi) is 8.46. The number of thiocarbonyl (C=S) groups is 1. The van der Waals surface area contributed by atoms with E-state index in [4.69, 9.17) is 12.2 Å². The predicted octanol–water partition coefficient (Wildman–Crippen LogP) is 6.30. The van der Waals surface area contributed by atoms with Crippen molar-refractivity contribution in [2.75, 3.05) is 25.0 Å². The molecule has 1 atom stereocenters. The highest BCUT2D eigenvalue weighted by atomic mass is 32.1. The van der Waals surface area contributed by atoms with Crippen molar-refractivity contribution in [3.05, 3.63) is 70.4 Å². The molecule has 1 aromatic heterocycles. The van der Waals surface area contributed by atoms with Crippen molar-refractivity contribution in [1.29, 1.82) is 0 Å². The van der Waals surface area contributed by atoms with Gasteiger partial charge in [-0.2, -0.15) is 0 Å². The fraction of sp³-hybridized carbons (Fsp3) is 0.370. The molecule has 0 aliphatic carbocycles. The minimum Gasteiger partial charge on any atom is -0.362 e. The third kappa shape index (κ3) is 6.44. The lowest BCUT2D eigenvalue weighted by molar-refractivity contribution is 0.102. The van der Waals surface area contributed by atoms with Crippen molar-refractivity contribution in [1.82, 2.24) is 15.2 Å². The molecule has 4 rings (SSSR count). The molecular formula is C27H31FN4OS2. The first kappa shape index (κ1) is 25.3. The highest BCUT2D eigenvalue weighted by molar-refractivity contribution is 7.80. The number of halogens is 1. The van der Waals surface area contributed by atoms with Crippen LogP contribution in [0.5, 0.6) is 0 Å². The van der Waals surface area contributed by atoms with Crippen molar-refractivity contribution in [3.8, 4) is 11.1 Å². The van der Waals surface area contributed by atoms with Gasteiger partial charge in [0.2, 0.25) is 0 Å². The fourth-order valence-electron chi connectivity index (χ4n) is 4.09. The number of piperidine rings is 1. The van der Waals surface area contributed by atoms with Gasteiger partial charge < -0.3 is 15.5 Å². The molecule has 8 heteroatoms. The summed E-state index contributed by atoms with van der Waals surface area (Å²) in [6.45, 7) is 7.10. The lowest BCUT2D eigenvalue weighted by Crippen LogP contribution is -2.45. The van der Waals surface area contributed by atoms with E-state index in [0.29, 0.717) is 23.2 Å². The molecule has 5 nitrogen and oxygen atoms in total. The molecule has 0 bridgehead atoms. The highest BCUT2D eigenvalue weighted by Gasteiger charge is 2.25. The molecule has 1 fully saturated rings. The van der Waals surface area contributed by atoms with Crippen LogP contribution in [0.3, 0.4) is 0 Å². The number of carbonyl (C=O) groups is 1. The van der Waals surface area contributed by atoms with Crippen LogP contribution in [0.2, 0.25) is 0 Å². The minimum absolute atomic E-state index is 0.241. The zero-order valence-electron chi connectivity index (χ0n) is 20.1. The van der Waals surface area contributed by atoms with E-state index in [2.05, 4.69) is 34.4 Å². The van der Waals surface area contributed by atoms with Crippen LogP contribution in [-0.4, -0.2) is 40.5 Å². The number of nitrogens with one attached hydrogen (secondary N) is 2. The standard InChI is InChI=1S/C27H31FN4OS2/c1-3-18(2)16-29-27(34)32-14-12-20(13-15-32)26-31-24(17-35-26)25(33)30-23-7-5-4-6-22(23)19-8-10-21(28)11-9-19/h4-11,17-18,20H,3,12-16H2,1-2H3,(H,29,34)(H,30,33). The SMILES string of the molecule is CCC(C)CNC(=S)N1CCC(c2nc(C(=O)Nc3ccccc3-c3ccc(F)cc3)cs2)CC1. The van der Waals surface area contributed by atoms with Crippen LogP contribution in [0.4, 0.5) is 10.1 Å². The van der Waals surface area contributed by atoms with Crippen molar-refractivity contribution in [2.24, 2.45) is 5.92 Å². The van der Waals surface area contributed by atoms with Crippen LogP contribution in [-0.2, 0) is 0 Å². The molecule has 3 aromatic rings. The average Bonchev–Trinajstić information content (AvgIpc) is 3.39. The molecule has 184 valence electrons. The van der Waals surface area contributed by atoms with E-state index >= 15 is 0 Å². The lowest BCUT2D eigenvalue weighted by atomic mass is 9.98. The number of benzene rings is 2. The van der Waals surface area contributed by atoms with Crippen LogP contribution in [0.15, 0.2) is 53.9 Å². The minimum atomic E-state index is -0.291. The maximum atomic E-state index is 13.3. The normalized spacial score (nSPS) is 15.0. The number of para-hydroxylation sites is 1. The molecule has 2 aromatic carbocycles. The van der Waals surface area contributed by atoms with Gasteiger partial charge in [0.1, 0.15) is 11.5 Å². The second kappa shape index (κ2) is 11.7. The summed E-state index contributed by atoms with van der Waals surface area (Å²) < 4.78 is 13.3. The Morgan fingerprint density at radius 1 is 1.20 bits per heavy atom. The monoisotopic (exact) mass is 510 g/mol.